The lowest BCUT2D eigenvalue weighted by atomic mass is 9.99. The summed E-state index contributed by atoms with van der Waals surface area (Å²) in [6.45, 7) is 18.1. The minimum atomic E-state index is -6.19. The topological polar surface area (TPSA) is 523 Å². The first-order valence-electron chi connectivity index (χ1n) is 42.2. The van der Waals surface area contributed by atoms with Gasteiger partial charge in [-0.15, -0.1) is 81.7 Å². The third kappa shape index (κ3) is 33.0. The number of sulfonamides is 4. The first kappa shape index (κ1) is 120. The maximum atomic E-state index is 13.1. The van der Waals surface area contributed by atoms with Crippen LogP contribution >= 0.6 is 45.3 Å². The molecule has 8 aromatic rings. The fraction of sp³-hybridized carbons (Fsp3) is 0.526. The fourth-order valence-electron chi connectivity index (χ4n) is 13.4. The molecule has 816 valence electrons. The van der Waals surface area contributed by atoms with Crippen LogP contribution in [-0.2, 0) is 94.2 Å². The Balaban J connectivity index is 0.000000219. The number of nitrogens with one attached hydrogen (secondary N) is 4. The Morgan fingerprint density at radius 1 is 0.338 bits per heavy atom. The van der Waals surface area contributed by atoms with E-state index in [0.29, 0.717) is 98.6 Å². The van der Waals surface area contributed by atoms with Gasteiger partial charge in [-0.05, 0) is 178 Å². The summed E-state index contributed by atoms with van der Waals surface area (Å²) in [4.78, 5) is 54.9. The second kappa shape index (κ2) is 48.3. The predicted molar refractivity (Wildman–Crippen MR) is 487 cm³/mol. The van der Waals surface area contributed by atoms with E-state index in [1.54, 1.807) is 10.8 Å². The summed E-state index contributed by atoms with van der Waals surface area (Å²) in [5, 5.41) is 54.2. The van der Waals surface area contributed by atoms with Crippen LogP contribution in [0, 0.1) is 0 Å². The van der Waals surface area contributed by atoms with Crippen LogP contribution in [-0.4, -0.2) is 249 Å². The summed E-state index contributed by atoms with van der Waals surface area (Å²) in [6.07, 6.45) is -28.7. The zero-order valence-electron chi connectivity index (χ0n) is 77.5. The van der Waals surface area contributed by atoms with Gasteiger partial charge < -0.3 is 48.0 Å². The van der Waals surface area contributed by atoms with E-state index < -0.39 is 155 Å². The largest absolute Gasteiger partial charge is 0.516 e. The molecule has 8 heterocycles. The lowest BCUT2D eigenvalue weighted by Crippen LogP contribution is -2.40. The van der Waals surface area contributed by atoms with Crippen molar-refractivity contribution in [1.29, 1.82) is 0 Å². The van der Waals surface area contributed by atoms with Crippen molar-refractivity contribution in [2.24, 2.45) is 40.9 Å². The molecule has 0 amide bonds. The van der Waals surface area contributed by atoms with Crippen molar-refractivity contribution in [3.63, 3.8) is 0 Å². The molecule has 0 bridgehead atoms. The Labute approximate surface area is 839 Å². The molecule has 4 aliphatic heterocycles. The summed E-state index contributed by atoms with van der Waals surface area (Å²) in [5.74, 6) is -10.0. The fourth-order valence-corrected chi connectivity index (χ4v) is 18.7. The van der Waals surface area contributed by atoms with Crippen LogP contribution < -0.4 is 38.5 Å². The quantitative estimate of drug-likeness (QED) is 0.00956. The number of azo groups is 4. The van der Waals surface area contributed by atoms with E-state index in [9.17, 15) is 149 Å². The second-order valence-electron chi connectivity index (χ2n) is 32.0. The number of halogens is 22. The monoisotopic (exact) mass is 2290 g/mol. The Kier molecular flexibility index (Phi) is 39.0. The average molecular weight is 2290 g/mol. The number of benzene rings is 4. The number of aromatic nitrogens is 8. The molecule has 4 aromatic heterocycles. The van der Waals surface area contributed by atoms with Crippen molar-refractivity contribution in [2.75, 3.05) is 117 Å². The lowest BCUT2D eigenvalue weighted by Gasteiger charge is -2.35. The van der Waals surface area contributed by atoms with Gasteiger partial charge in [-0.3, -0.25) is 18.9 Å². The molecule has 0 saturated heterocycles. The van der Waals surface area contributed by atoms with Gasteiger partial charge >= 0.3 is 91.9 Å². The minimum Gasteiger partial charge on any atom is -0.458 e. The van der Waals surface area contributed by atoms with Crippen molar-refractivity contribution in [3.8, 4) is 0 Å². The normalized spacial score (nSPS) is 14.8. The number of nitrogens with zero attached hydrogens (tertiary/aromatic N) is 20. The summed E-state index contributed by atoms with van der Waals surface area (Å²) in [6, 6.07) is 11.0. The Morgan fingerprint density at radius 3 is 0.777 bits per heavy atom. The number of fused-ring (bicyclic) bond motifs is 4. The number of ether oxygens (including phenoxy) is 6. The average Bonchev–Trinajstić information content (AvgIpc) is 0.875. The molecule has 72 heteroatoms. The van der Waals surface area contributed by atoms with Crippen LogP contribution in [0.3, 0.4) is 0 Å². The van der Waals surface area contributed by atoms with E-state index in [0.717, 1.165) is 52.7 Å². The summed E-state index contributed by atoms with van der Waals surface area (Å²) in [7, 11) is -18.4. The van der Waals surface area contributed by atoms with Crippen molar-refractivity contribution in [2.45, 2.75) is 179 Å². The van der Waals surface area contributed by atoms with Crippen molar-refractivity contribution < 1.29 is 178 Å². The number of anilines is 8. The highest BCUT2D eigenvalue weighted by Crippen LogP contribution is 2.48. The van der Waals surface area contributed by atoms with E-state index in [1.165, 1.54) is 55.3 Å². The number of hydrogen-bond acceptors (Lipinski definition) is 42. The van der Waals surface area contributed by atoms with Gasteiger partial charge in [0.25, 0.3) is 20.5 Å². The number of aryl methyl sites for hydroxylation is 4. The molecular weight excluding hydrogens is 2210 g/mol. The highest BCUT2D eigenvalue weighted by molar-refractivity contribution is 7.94. The summed E-state index contributed by atoms with van der Waals surface area (Å²) < 4.78 is 409. The zero-order valence-corrected chi connectivity index (χ0v) is 84.1. The number of hydrogen-bond donors (Lipinski definition) is 4. The van der Waals surface area contributed by atoms with E-state index in [4.69, 9.17) is 18.9 Å². The number of alkyl halides is 22. The van der Waals surface area contributed by atoms with Crippen LogP contribution in [0.15, 0.2) is 89.4 Å². The standard InChI is InChI=1S/C20H25F3N6O5S2.C19H18F8N6O4S2.C19H23F3N6O5S2.C18H16F8N6O4S2/c1-12(2)29-6-4-5-13-9-14(15(10-16(13)29)28-36(31,32)11-20(21,22)23)24-26-19-27-25-17(35-19)18(30)34-8-7-33-3;1-9(2)33-5-3-4-10-6-11(12(7-13(10)33)32-39(35,36)8-17(20,21)22)28-30-16-31-29-14(38-16)15(34)37-19(26,27)18(23,24)25;1-11(2)28-6-4-5-12-9-13(14(10-15(12)28)27-35(30,31)19(20,21)22)23-25-18-26-24-16(34-18)17(29)33-8-7-32-3;1-8(2)32-5-3-4-9-6-10(11(7-12(9)32)31-38(34,35)18(24,25)26)27-29-15-30-28-13(37-15)14(33)36-17(22,23)16(19,20)21/h9-10,12,28H,4-8,11H2,1-3H3;6-7,9,32H,3-5,8H2,1-2H3;9-11,27H,4-8H2,1-3H3;6-8,31H,3-5H2,1-2H3. The maximum absolute atomic E-state index is 13.1. The molecule has 4 N–H and O–H groups in total. The van der Waals surface area contributed by atoms with Gasteiger partial charge in [-0.1, -0.05) is 45.3 Å². The highest BCUT2D eigenvalue weighted by atomic mass is 32.2. The molecule has 0 aliphatic carbocycles. The first-order valence-corrected chi connectivity index (χ1v) is 51.7. The molecule has 0 atom stereocenters. The third-order valence-electron chi connectivity index (χ3n) is 19.7. The van der Waals surface area contributed by atoms with Crippen molar-refractivity contribution in [1.82, 2.24) is 40.8 Å². The predicted octanol–water partition coefficient (Wildman–Crippen LogP) is 19.8. The molecule has 0 spiro atoms. The van der Waals surface area contributed by atoms with Gasteiger partial charge in [0.1, 0.15) is 36.0 Å². The van der Waals surface area contributed by atoms with Crippen molar-refractivity contribution in [3.05, 3.63) is 90.8 Å². The van der Waals surface area contributed by atoms with E-state index >= 15 is 0 Å². The molecule has 12 rings (SSSR count). The van der Waals surface area contributed by atoms with Crippen LogP contribution in [0.2, 0.25) is 0 Å². The molecule has 4 aliphatic rings. The SMILES string of the molecule is CC(C)N1CCCc2cc(N=Nc3nnc(C(=O)OC(F)(F)C(F)(F)F)s3)c(NS(=O)(=O)C(F)(F)F)cc21.CC(C)N1CCCc2cc(N=Nc3nnc(C(=O)OC(F)(F)C(F)(F)F)s3)c(NS(=O)(=O)CC(F)(F)F)cc21.COCCOC(=O)c1nnc(N=Nc2cc3c(cc2NS(=O)(=O)C(F)(F)F)N(C(C)C)CCC3)s1.COCCOC(=O)c1nnc(N=Nc2cc3c(cc2NS(=O)(=O)CC(F)(F)F)N(C(C)C)CCC3)s1. The molecule has 0 unspecified atom stereocenters. The van der Waals surface area contributed by atoms with E-state index in [1.807, 2.05) is 84.4 Å². The van der Waals surface area contributed by atoms with Crippen LogP contribution in [0.25, 0.3) is 0 Å². The van der Waals surface area contributed by atoms with Gasteiger partial charge in [-0.2, -0.15) is 113 Å². The number of methoxy groups -OCH3 is 2. The van der Waals surface area contributed by atoms with Crippen molar-refractivity contribution >= 4 is 198 Å². The second-order valence-corrected chi connectivity index (χ2v) is 42.7. The van der Waals surface area contributed by atoms with Gasteiger partial charge in [0, 0.05) is 87.3 Å². The summed E-state index contributed by atoms with van der Waals surface area (Å²) >= 11 is 1.74. The Morgan fingerprint density at radius 2 is 0.568 bits per heavy atom. The highest BCUT2D eigenvalue weighted by Gasteiger charge is 2.64. The molecule has 0 fully saturated rings. The number of esters is 4. The van der Waals surface area contributed by atoms with E-state index in [-0.39, 0.29) is 128 Å². The molecule has 42 nitrogen and oxygen atoms in total. The molecule has 4 aromatic carbocycles. The Hall–Kier alpha value is -12.0. The number of carbonyl (C=O) groups is 4. The molecular formula is C76H82F22N24O18S8. The van der Waals surface area contributed by atoms with Crippen LogP contribution in [0.1, 0.15) is 143 Å². The van der Waals surface area contributed by atoms with Crippen LogP contribution in [0.5, 0.6) is 0 Å². The smallest absolute Gasteiger partial charge is 0.458 e. The van der Waals surface area contributed by atoms with Gasteiger partial charge in [0.2, 0.25) is 40.1 Å². The van der Waals surface area contributed by atoms with Gasteiger partial charge in [0.15, 0.2) is 11.5 Å². The lowest BCUT2D eigenvalue weighted by molar-refractivity contribution is -0.370. The maximum Gasteiger partial charge on any atom is 0.516 e. The first-order chi connectivity index (χ1) is 68.4. The van der Waals surface area contributed by atoms with Gasteiger partial charge in [0.05, 0.1) is 36.0 Å². The molecule has 148 heavy (non-hydrogen) atoms. The zero-order chi connectivity index (χ0) is 110. The van der Waals surface area contributed by atoms with Crippen LogP contribution in [0.4, 0.5) is 185 Å². The van der Waals surface area contributed by atoms with Gasteiger partial charge in [-0.25, -0.2) is 36.0 Å². The third-order valence-corrected chi connectivity index (χ3v) is 27.5. The molecule has 0 saturated carbocycles. The molecule has 0 radical (unpaired) electrons. The van der Waals surface area contributed by atoms with E-state index in [2.05, 4.69) is 91.2 Å². The number of rotatable bonds is 34. The number of carbonyl (C=O) groups excluding carboxylic acids is 4. The summed E-state index contributed by atoms with van der Waals surface area (Å²) in [5.41, 5.74) is -8.27. The Bertz CT molecular complexity index is 6690. The minimum absolute atomic E-state index is 0.00419.